The summed E-state index contributed by atoms with van der Waals surface area (Å²) < 4.78 is 10.7. The van der Waals surface area contributed by atoms with Gasteiger partial charge in [-0.15, -0.1) is 6.58 Å². The molecule has 0 amide bonds. The number of ether oxygens (including phenoxy) is 2. The van der Waals surface area contributed by atoms with Crippen molar-refractivity contribution in [2.45, 2.75) is 6.61 Å². The molecule has 0 aliphatic heterocycles. The standard InChI is InChI=1S/C13H16O2/c1-3-8-14-11-12-6-5-7-13(10-12)15-9-4-2/h3-7,10H,1-2,8-9,11H2. The van der Waals surface area contributed by atoms with Gasteiger partial charge in [0.2, 0.25) is 0 Å². The maximum atomic E-state index is 5.41. The minimum Gasteiger partial charge on any atom is -0.490 e. The van der Waals surface area contributed by atoms with E-state index in [-0.39, 0.29) is 0 Å². The molecule has 0 heterocycles. The van der Waals surface area contributed by atoms with Crippen LogP contribution in [0.3, 0.4) is 0 Å². The molecule has 2 nitrogen and oxygen atoms in total. The Hall–Kier alpha value is -1.54. The van der Waals surface area contributed by atoms with Crippen LogP contribution in [0.15, 0.2) is 49.6 Å². The van der Waals surface area contributed by atoms with E-state index in [0.717, 1.165) is 11.3 Å². The van der Waals surface area contributed by atoms with Crippen molar-refractivity contribution in [1.29, 1.82) is 0 Å². The second-order valence-electron chi connectivity index (χ2n) is 3.05. The summed E-state index contributed by atoms with van der Waals surface area (Å²) in [5.41, 5.74) is 1.10. The lowest BCUT2D eigenvalue weighted by Crippen LogP contribution is -1.95. The Kier molecular flexibility index (Phi) is 5.26. The average molecular weight is 204 g/mol. The fourth-order valence-corrected chi connectivity index (χ4v) is 1.14. The van der Waals surface area contributed by atoms with Crippen LogP contribution in [-0.4, -0.2) is 13.2 Å². The molecule has 0 spiro atoms. The Labute approximate surface area is 90.8 Å². The zero-order valence-electron chi connectivity index (χ0n) is 8.82. The average Bonchev–Trinajstić information content (AvgIpc) is 2.27. The van der Waals surface area contributed by atoms with E-state index >= 15 is 0 Å². The van der Waals surface area contributed by atoms with Gasteiger partial charge >= 0.3 is 0 Å². The fraction of sp³-hybridized carbons (Fsp3) is 0.231. The normalized spacial score (nSPS) is 9.60. The molecule has 0 fully saturated rings. The van der Waals surface area contributed by atoms with Crippen LogP contribution >= 0.6 is 0 Å². The predicted octanol–water partition coefficient (Wildman–Crippen LogP) is 2.95. The highest BCUT2D eigenvalue weighted by atomic mass is 16.5. The number of rotatable bonds is 7. The number of benzene rings is 1. The molecular weight excluding hydrogens is 188 g/mol. The molecule has 1 rings (SSSR count). The highest BCUT2D eigenvalue weighted by Crippen LogP contribution is 2.13. The van der Waals surface area contributed by atoms with Crippen molar-refractivity contribution in [2.75, 3.05) is 13.2 Å². The van der Waals surface area contributed by atoms with Crippen molar-refractivity contribution in [3.05, 3.63) is 55.1 Å². The van der Waals surface area contributed by atoms with Crippen molar-refractivity contribution >= 4 is 0 Å². The van der Waals surface area contributed by atoms with Gasteiger partial charge in [-0.3, -0.25) is 0 Å². The lowest BCUT2D eigenvalue weighted by Gasteiger charge is -2.06. The third-order valence-corrected chi connectivity index (χ3v) is 1.77. The van der Waals surface area contributed by atoms with Crippen molar-refractivity contribution in [3.8, 4) is 5.75 Å². The fourth-order valence-electron chi connectivity index (χ4n) is 1.14. The highest BCUT2D eigenvalue weighted by Gasteiger charge is 1.95. The summed E-state index contributed by atoms with van der Waals surface area (Å²) in [6.07, 6.45) is 3.46. The first kappa shape index (κ1) is 11.5. The lowest BCUT2D eigenvalue weighted by molar-refractivity contribution is 0.148. The van der Waals surface area contributed by atoms with Crippen LogP contribution in [-0.2, 0) is 11.3 Å². The summed E-state index contributed by atoms with van der Waals surface area (Å²) in [6.45, 7) is 8.86. The summed E-state index contributed by atoms with van der Waals surface area (Å²) in [5, 5.41) is 0. The topological polar surface area (TPSA) is 18.5 Å². The van der Waals surface area contributed by atoms with Crippen LogP contribution in [0.4, 0.5) is 0 Å². The molecule has 0 aliphatic rings. The van der Waals surface area contributed by atoms with Crippen molar-refractivity contribution in [1.82, 2.24) is 0 Å². The minimum atomic E-state index is 0.525. The molecule has 0 radical (unpaired) electrons. The zero-order chi connectivity index (χ0) is 10.9. The first-order valence-corrected chi connectivity index (χ1v) is 4.88. The van der Waals surface area contributed by atoms with Gasteiger partial charge in [0.1, 0.15) is 12.4 Å². The van der Waals surface area contributed by atoms with E-state index in [1.54, 1.807) is 12.2 Å². The van der Waals surface area contributed by atoms with E-state index in [9.17, 15) is 0 Å². The van der Waals surface area contributed by atoms with E-state index in [1.807, 2.05) is 24.3 Å². The Morgan fingerprint density at radius 3 is 2.67 bits per heavy atom. The van der Waals surface area contributed by atoms with Gasteiger partial charge in [0.25, 0.3) is 0 Å². The van der Waals surface area contributed by atoms with E-state index in [0.29, 0.717) is 19.8 Å². The molecule has 1 aromatic carbocycles. The Balaban J connectivity index is 2.49. The van der Waals surface area contributed by atoms with Crippen LogP contribution in [0.2, 0.25) is 0 Å². The van der Waals surface area contributed by atoms with E-state index in [1.165, 1.54) is 0 Å². The van der Waals surface area contributed by atoms with Gasteiger partial charge in [0, 0.05) is 0 Å². The van der Waals surface area contributed by atoms with Crippen LogP contribution in [0.5, 0.6) is 5.75 Å². The van der Waals surface area contributed by atoms with Gasteiger partial charge in [-0.05, 0) is 17.7 Å². The molecule has 0 saturated carbocycles. The van der Waals surface area contributed by atoms with Gasteiger partial charge in [0.15, 0.2) is 0 Å². The Morgan fingerprint density at radius 1 is 1.13 bits per heavy atom. The molecule has 15 heavy (non-hydrogen) atoms. The van der Waals surface area contributed by atoms with Gasteiger partial charge in [-0.2, -0.15) is 0 Å². The number of hydrogen-bond donors (Lipinski definition) is 0. The van der Waals surface area contributed by atoms with Gasteiger partial charge in [0.05, 0.1) is 13.2 Å². The summed E-state index contributed by atoms with van der Waals surface area (Å²) in [4.78, 5) is 0. The molecular formula is C13H16O2. The highest BCUT2D eigenvalue weighted by molar-refractivity contribution is 5.28. The molecule has 0 aliphatic carbocycles. The van der Waals surface area contributed by atoms with Crippen molar-refractivity contribution < 1.29 is 9.47 Å². The Morgan fingerprint density at radius 2 is 1.93 bits per heavy atom. The SMILES string of the molecule is C=CCOCc1cccc(OCC=C)c1. The molecule has 2 heteroatoms. The van der Waals surface area contributed by atoms with Crippen LogP contribution in [0.1, 0.15) is 5.56 Å². The van der Waals surface area contributed by atoms with Crippen LogP contribution in [0, 0.1) is 0 Å². The summed E-state index contributed by atoms with van der Waals surface area (Å²) >= 11 is 0. The monoisotopic (exact) mass is 204 g/mol. The van der Waals surface area contributed by atoms with E-state index in [2.05, 4.69) is 13.2 Å². The van der Waals surface area contributed by atoms with Crippen LogP contribution in [0.25, 0.3) is 0 Å². The zero-order valence-corrected chi connectivity index (χ0v) is 8.82. The van der Waals surface area contributed by atoms with E-state index < -0.39 is 0 Å². The largest absolute Gasteiger partial charge is 0.490 e. The smallest absolute Gasteiger partial charge is 0.120 e. The molecule has 0 atom stereocenters. The van der Waals surface area contributed by atoms with E-state index in [4.69, 9.17) is 9.47 Å². The van der Waals surface area contributed by atoms with Gasteiger partial charge < -0.3 is 9.47 Å². The first-order valence-electron chi connectivity index (χ1n) is 4.88. The lowest BCUT2D eigenvalue weighted by atomic mass is 10.2. The second-order valence-corrected chi connectivity index (χ2v) is 3.05. The first-order chi connectivity index (χ1) is 7.36. The molecule has 0 aromatic heterocycles. The molecule has 0 saturated heterocycles. The number of hydrogen-bond acceptors (Lipinski definition) is 2. The van der Waals surface area contributed by atoms with Gasteiger partial charge in [-0.25, -0.2) is 0 Å². The Bertz CT molecular complexity index is 318. The quantitative estimate of drug-likeness (QED) is 0.502. The minimum absolute atomic E-state index is 0.525. The van der Waals surface area contributed by atoms with Crippen molar-refractivity contribution in [2.24, 2.45) is 0 Å². The summed E-state index contributed by atoms with van der Waals surface area (Å²) in [6, 6.07) is 7.84. The molecule has 1 aromatic rings. The third kappa shape index (κ3) is 4.47. The maximum absolute atomic E-state index is 5.41. The van der Waals surface area contributed by atoms with Gasteiger partial charge in [-0.1, -0.05) is 30.9 Å². The molecule has 0 unspecified atom stereocenters. The van der Waals surface area contributed by atoms with Crippen molar-refractivity contribution in [3.63, 3.8) is 0 Å². The predicted molar refractivity (Wildman–Crippen MR) is 62.0 cm³/mol. The maximum Gasteiger partial charge on any atom is 0.120 e. The third-order valence-electron chi connectivity index (χ3n) is 1.77. The summed E-state index contributed by atoms with van der Waals surface area (Å²) in [5.74, 6) is 0.842. The molecule has 80 valence electrons. The second kappa shape index (κ2) is 6.85. The summed E-state index contributed by atoms with van der Waals surface area (Å²) in [7, 11) is 0. The molecule has 0 bridgehead atoms. The molecule has 0 N–H and O–H groups in total. The van der Waals surface area contributed by atoms with Crippen LogP contribution < -0.4 is 4.74 Å².